The fraction of sp³-hybridized carbons (Fsp3) is 0.257. The minimum atomic E-state index is -4.19. The van der Waals surface area contributed by atoms with Crippen LogP contribution in [0.1, 0.15) is 36.5 Å². The van der Waals surface area contributed by atoms with Gasteiger partial charge in [0.1, 0.15) is 12.6 Å². The fourth-order valence-electron chi connectivity index (χ4n) is 4.92. The van der Waals surface area contributed by atoms with Gasteiger partial charge in [0.2, 0.25) is 11.8 Å². The lowest BCUT2D eigenvalue weighted by atomic mass is 10.0. The van der Waals surface area contributed by atoms with Crippen LogP contribution in [-0.4, -0.2) is 44.3 Å². The molecule has 44 heavy (non-hydrogen) atoms. The van der Waals surface area contributed by atoms with Crippen LogP contribution in [0.25, 0.3) is 0 Å². The third-order valence-corrected chi connectivity index (χ3v) is 9.36. The van der Waals surface area contributed by atoms with Gasteiger partial charge in [-0.15, -0.1) is 0 Å². The number of benzene rings is 4. The molecular formula is C35H38ClN3O4S. The molecule has 0 bridgehead atoms. The Bertz CT molecular complexity index is 1630. The van der Waals surface area contributed by atoms with Gasteiger partial charge in [-0.3, -0.25) is 13.9 Å². The van der Waals surface area contributed by atoms with Crippen LogP contribution in [0, 0.1) is 6.92 Å². The zero-order valence-corrected chi connectivity index (χ0v) is 26.6. The Morgan fingerprint density at radius 2 is 1.43 bits per heavy atom. The smallest absolute Gasteiger partial charge is 0.264 e. The van der Waals surface area contributed by atoms with Crippen LogP contribution in [0.2, 0.25) is 5.02 Å². The molecule has 0 aromatic heterocycles. The normalized spacial score (nSPS) is 11.9. The molecule has 4 aromatic carbocycles. The van der Waals surface area contributed by atoms with Gasteiger partial charge in [-0.25, -0.2) is 8.42 Å². The highest BCUT2D eigenvalue weighted by molar-refractivity contribution is 7.92. The van der Waals surface area contributed by atoms with Crippen molar-refractivity contribution in [2.45, 2.75) is 50.6 Å². The van der Waals surface area contributed by atoms with Crippen LogP contribution < -0.4 is 9.62 Å². The maximum Gasteiger partial charge on any atom is 0.264 e. The number of hydrogen-bond donors (Lipinski definition) is 1. The molecule has 4 rings (SSSR count). The number of aryl methyl sites for hydroxylation is 1. The van der Waals surface area contributed by atoms with Crippen molar-refractivity contribution in [1.29, 1.82) is 0 Å². The summed E-state index contributed by atoms with van der Waals surface area (Å²) in [6, 6.07) is 30.9. The van der Waals surface area contributed by atoms with E-state index in [-0.39, 0.29) is 23.8 Å². The number of nitrogens with one attached hydrogen (secondary N) is 1. The number of halogens is 1. The highest BCUT2D eigenvalue weighted by Gasteiger charge is 2.35. The Morgan fingerprint density at radius 1 is 0.841 bits per heavy atom. The first-order valence-electron chi connectivity index (χ1n) is 14.7. The zero-order chi connectivity index (χ0) is 31.5. The third kappa shape index (κ3) is 8.49. The highest BCUT2D eigenvalue weighted by Crippen LogP contribution is 2.30. The first-order valence-corrected chi connectivity index (χ1v) is 16.5. The average Bonchev–Trinajstić information content (AvgIpc) is 3.04. The van der Waals surface area contributed by atoms with E-state index < -0.39 is 28.5 Å². The first-order chi connectivity index (χ1) is 21.2. The summed E-state index contributed by atoms with van der Waals surface area (Å²) in [5.41, 5.74) is 2.63. The van der Waals surface area contributed by atoms with E-state index in [1.807, 2.05) is 67.6 Å². The van der Waals surface area contributed by atoms with Gasteiger partial charge in [-0.1, -0.05) is 110 Å². The van der Waals surface area contributed by atoms with Gasteiger partial charge < -0.3 is 10.2 Å². The van der Waals surface area contributed by atoms with Gasteiger partial charge in [0, 0.05) is 24.5 Å². The molecule has 7 nitrogen and oxygen atoms in total. The molecule has 0 saturated heterocycles. The number of carbonyl (C=O) groups excluding carboxylic acids is 2. The molecule has 0 fully saturated rings. The first kappa shape index (κ1) is 32.8. The monoisotopic (exact) mass is 631 g/mol. The lowest BCUT2D eigenvalue weighted by Crippen LogP contribution is -2.53. The largest absolute Gasteiger partial charge is 0.354 e. The second kappa shape index (κ2) is 15.5. The van der Waals surface area contributed by atoms with Crippen LogP contribution >= 0.6 is 11.6 Å². The number of carbonyl (C=O) groups is 2. The molecule has 4 aromatic rings. The van der Waals surface area contributed by atoms with Crippen LogP contribution in [-0.2, 0) is 32.6 Å². The molecule has 0 spiro atoms. The Morgan fingerprint density at radius 3 is 2.05 bits per heavy atom. The maximum atomic E-state index is 14.5. The van der Waals surface area contributed by atoms with E-state index in [1.54, 1.807) is 43.3 Å². The van der Waals surface area contributed by atoms with Crippen LogP contribution in [0.5, 0.6) is 0 Å². The van der Waals surface area contributed by atoms with Gasteiger partial charge >= 0.3 is 0 Å². The number of rotatable bonds is 14. The summed E-state index contributed by atoms with van der Waals surface area (Å²) in [6.07, 6.45) is 1.97. The van der Waals surface area contributed by atoms with Gasteiger partial charge in [0.25, 0.3) is 10.0 Å². The van der Waals surface area contributed by atoms with Gasteiger partial charge in [0.05, 0.1) is 10.6 Å². The van der Waals surface area contributed by atoms with E-state index in [2.05, 4.69) is 5.32 Å². The van der Waals surface area contributed by atoms with Gasteiger partial charge in [-0.2, -0.15) is 0 Å². The van der Waals surface area contributed by atoms with Crippen molar-refractivity contribution < 1.29 is 18.0 Å². The summed E-state index contributed by atoms with van der Waals surface area (Å²) in [4.78, 5) is 29.8. The predicted octanol–water partition coefficient (Wildman–Crippen LogP) is 6.40. The number of anilines is 1. The number of nitrogens with zero attached hydrogens (tertiary/aromatic N) is 2. The lowest BCUT2D eigenvalue weighted by Gasteiger charge is -2.34. The van der Waals surface area contributed by atoms with Crippen molar-refractivity contribution in [2.75, 3.05) is 17.4 Å². The number of amides is 2. The van der Waals surface area contributed by atoms with E-state index >= 15 is 0 Å². The van der Waals surface area contributed by atoms with E-state index in [4.69, 9.17) is 11.6 Å². The summed E-state index contributed by atoms with van der Waals surface area (Å²) in [5, 5.41) is 3.34. The number of unbranched alkanes of at least 4 members (excludes halogenated alkanes) is 1. The SMILES string of the molecule is CCCCNC(=O)C(Cc1ccccc1)N(Cc1ccccc1)C(=O)CN(c1cc(Cl)ccc1C)S(=O)(=O)c1ccccc1. The van der Waals surface area contributed by atoms with Crippen molar-refractivity contribution in [2.24, 2.45) is 0 Å². The molecule has 0 saturated carbocycles. The summed E-state index contributed by atoms with van der Waals surface area (Å²) in [7, 11) is -4.19. The van der Waals surface area contributed by atoms with E-state index in [0.29, 0.717) is 22.8 Å². The number of sulfonamides is 1. The Kier molecular flexibility index (Phi) is 11.6. The van der Waals surface area contributed by atoms with Crippen LogP contribution in [0.4, 0.5) is 5.69 Å². The molecule has 0 aliphatic heterocycles. The standard InChI is InChI=1S/C35H38ClN3O4S/c1-3-4-22-37-35(41)33(23-28-14-8-5-9-15-28)38(25-29-16-10-6-11-17-29)34(40)26-39(32-24-30(36)21-20-27(32)2)44(42,43)31-18-12-7-13-19-31/h5-21,24,33H,3-4,22-23,25-26H2,1-2H3,(H,37,41). The molecule has 9 heteroatoms. The zero-order valence-electron chi connectivity index (χ0n) is 25.0. The Balaban J connectivity index is 1.79. The molecule has 230 valence electrons. The van der Waals surface area contributed by atoms with E-state index in [1.165, 1.54) is 17.0 Å². The summed E-state index contributed by atoms with van der Waals surface area (Å²) in [5.74, 6) is -0.803. The van der Waals surface area contributed by atoms with E-state index in [0.717, 1.165) is 28.3 Å². The topological polar surface area (TPSA) is 86.8 Å². The quantitative estimate of drug-likeness (QED) is 0.163. The third-order valence-electron chi connectivity index (χ3n) is 7.35. The van der Waals surface area contributed by atoms with Crippen molar-refractivity contribution >= 4 is 39.1 Å². The molecule has 1 unspecified atom stereocenters. The molecule has 0 heterocycles. The summed E-state index contributed by atoms with van der Waals surface area (Å²) < 4.78 is 29.3. The molecule has 1 atom stereocenters. The highest BCUT2D eigenvalue weighted by atomic mass is 35.5. The molecular weight excluding hydrogens is 594 g/mol. The summed E-state index contributed by atoms with van der Waals surface area (Å²) >= 11 is 6.34. The minimum Gasteiger partial charge on any atom is -0.354 e. The van der Waals surface area contributed by atoms with Gasteiger partial charge in [-0.05, 0) is 54.3 Å². The average molecular weight is 632 g/mol. The summed E-state index contributed by atoms with van der Waals surface area (Å²) in [6.45, 7) is 3.87. The molecule has 0 aliphatic rings. The van der Waals surface area contributed by atoms with Crippen molar-refractivity contribution in [3.05, 3.63) is 131 Å². The fourth-order valence-corrected chi connectivity index (χ4v) is 6.58. The van der Waals surface area contributed by atoms with Crippen molar-refractivity contribution in [1.82, 2.24) is 10.2 Å². The van der Waals surface area contributed by atoms with Crippen molar-refractivity contribution in [3.8, 4) is 0 Å². The minimum absolute atomic E-state index is 0.0416. The van der Waals surface area contributed by atoms with Gasteiger partial charge in [0.15, 0.2) is 0 Å². The Hall–Kier alpha value is -4.14. The molecule has 0 radical (unpaired) electrons. The predicted molar refractivity (Wildman–Crippen MR) is 176 cm³/mol. The molecule has 2 amide bonds. The van der Waals surface area contributed by atoms with E-state index in [9.17, 15) is 18.0 Å². The van der Waals surface area contributed by atoms with Crippen molar-refractivity contribution in [3.63, 3.8) is 0 Å². The van der Waals surface area contributed by atoms with Crippen LogP contribution in [0.3, 0.4) is 0 Å². The lowest BCUT2D eigenvalue weighted by molar-refractivity contribution is -0.140. The number of hydrogen-bond acceptors (Lipinski definition) is 4. The second-order valence-electron chi connectivity index (χ2n) is 10.6. The molecule has 1 N–H and O–H groups in total. The van der Waals surface area contributed by atoms with Crippen LogP contribution in [0.15, 0.2) is 114 Å². The Labute approximate surface area is 265 Å². The second-order valence-corrected chi connectivity index (χ2v) is 12.9. The molecule has 0 aliphatic carbocycles. The maximum absolute atomic E-state index is 14.5.